The fourth-order valence-corrected chi connectivity index (χ4v) is 4.23. The van der Waals surface area contributed by atoms with Crippen molar-refractivity contribution in [3.8, 4) is 0 Å². The molecule has 2 aromatic heterocycles. The highest BCUT2D eigenvalue weighted by atomic mass is 19.1. The van der Waals surface area contributed by atoms with E-state index in [2.05, 4.69) is 15.1 Å². The van der Waals surface area contributed by atoms with Crippen LogP contribution in [-0.2, 0) is 11.2 Å². The van der Waals surface area contributed by atoms with Gasteiger partial charge in [0.1, 0.15) is 12.1 Å². The lowest BCUT2D eigenvalue weighted by Gasteiger charge is -2.31. The summed E-state index contributed by atoms with van der Waals surface area (Å²) in [6.07, 6.45) is 2.16. The van der Waals surface area contributed by atoms with Gasteiger partial charge in [-0.25, -0.2) is 13.9 Å². The van der Waals surface area contributed by atoms with Crippen LogP contribution in [0.5, 0.6) is 0 Å². The average molecular weight is 446 g/mol. The van der Waals surface area contributed by atoms with Crippen molar-refractivity contribution in [3.05, 3.63) is 88.3 Å². The number of carbonyl (C=O) groups excluding carboxylic acids is 1. The molecule has 1 atom stereocenters. The number of aromatic nitrogens is 4. The van der Waals surface area contributed by atoms with Crippen LogP contribution in [0.1, 0.15) is 53.0 Å². The molecule has 0 fully saturated rings. The number of hydrogen-bond acceptors (Lipinski definition) is 4. The minimum Gasteiger partial charge on any atom is -0.302 e. The molecule has 0 aliphatic carbocycles. The first-order valence-corrected chi connectivity index (χ1v) is 11.1. The highest BCUT2D eigenvalue weighted by Gasteiger charge is 2.26. The molecule has 0 radical (unpaired) electrons. The van der Waals surface area contributed by atoms with Crippen molar-refractivity contribution < 1.29 is 9.18 Å². The molecule has 0 bridgehead atoms. The van der Waals surface area contributed by atoms with Crippen LogP contribution in [0.15, 0.2) is 48.8 Å². The van der Waals surface area contributed by atoms with Gasteiger partial charge >= 0.3 is 0 Å². The SMILES string of the molecule is Cc1ccc([C@@H](C)N(C(=O)CCc2c(C)nc3ncnn3c2C)c2cc(C)ccc2F)cc1. The zero-order valence-electron chi connectivity index (χ0n) is 19.6. The normalized spacial score (nSPS) is 12.2. The standard InChI is InChI=1S/C26H28FN5O/c1-16-6-9-21(10-7-16)19(4)31(24-14-17(2)8-12-23(24)27)25(33)13-11-22-18(3)30-26-28-15-29-32(26)20(22)5/h6-10,12,14-15,19H,11,13H2,1-5H3/t19-/m1/s1. The van der Waals surface area contributed by atoms with Gasteiger partial charge < -0.3 is 4.90 Å². The molecular formula is C26H28FN5O. The smallest absolute Gasteiger partial charge is 0.252 e. The number of aryl methyl sites for hydroxylation is 4. The summed E-state index contributed by atoms with van der Waals surface area (Å²) < 4.78 is 16.6. The van der Waals surface area contributed by atoms with Gasteiger partial charge in [-0.3, -0.25) is 4.79 Å². The summed E-state index contributed by atoms with van der Waals surface area (Å²) in [7, 11) is 0. The Labute approximate surface area is 193 Å². The maximum atomic E-state index is 14.9. The summed E-state index contributed by atoms with van der Waals surface area (Å²) >= 11 is 0. The first-order valence-electron chi connectivity index (χ1n) is 11.1. The van der Waals surface area contributed by atoms with E-state index in [-0.39, 0.29) is 18.4 Å². The number of rotatable bonds is 6. The number of nitrogens with zero attached hydrogens (tertiary/aromatic N) is 5. The van der Waals surface area contributed by atoms with Crippen molar-refractivity contribution in [1.82, 2.24) is 19.6 Å². The third-order valence-corrected chi connectivity index (χ3v) is 6.15. The third kappa shape index (κ3) is 4.49. The van der Waals surface area contributed by atoms with Gasteiger partial charge in [0.25, 0.3) is 5.78 Å². The van der Waals surface area contributed by atoms with Gasteiger partial charge in [0.2, 0.25) is 5.91 Å². The summed E-state index contributed by atoms with van der Waals surface area (Å²) in [6, 6.07) is 12.5. The number of fused-ring (bicyclic) bond motifs is 1. The molecule has 6 nitrogen and oxygen atoms in total. The monoisotopic (exact) mass is 445 g/mol. The van der Waals surface area contributed by atoms with E-state index in [4.69, 9.17) is 0 Å². The number of anilines is 1. The Morgan fingerprint density at radius 2 is 1.76 bits per heavy atom. The predicted molar refractivity (Wildman–Crippen MR) is 127 cm³/mol. The second kappa shape index (κ2) is 9.10. The predicted octanol–water partition coefficient (Wildman–Crippen LogP) is 5.22. The summed E-state index contributed by atoms with van der Waals surface area (Å²) in [5.74, 6) is -0.0208. The van der Waals surface area contributed by atoms with E-state index in [0.29, 0.717) is 17.9 Å². The number of hydrogen-bond donors (Lipinski definition) is 0. The topological polar surface area (TPSA) is 63.4 Å². The summed E-state index contributed by atoms with van der Waals surface area (Å²) in [4.78, 5) is 23.8. The van der Waals surface area contributed by atoms with Crippen molar-refractivity contribution in [2.75, 3.05) is 4.90 Å². The Morgan fingerprint density at radius 1 is 1.06 bits per heavy atom. The van der Waals surface area contributed by atoms with Crippen molar-refractivity contribution >= 4 is 17.4 Å². The van der Waals surface area contributed by atoms with Crippen LogP contribution in [-0.4, -0.2) is 25.5 Å². The molecule has 0 aliphatic heterocycles. The molecule has 0 N–H and O–H groups in total. The molecule has 0 unspecified atom stereocenters. The highest BCUT2D eigenvalue weighted by Crippen LogP contribution is 2.31. The van der Waals surface area contributed by atoms with E-state index in [9.17, 15) is 9.18 Å². The van der Waals surface area contributed by atoms with E-state index in [1.807, 2.05) is 58.9 Å². The summed E-state index contributed by atoms with van der Waals surface area (Å²) in [6.45, 7) is 9.71. The van der Waals surface area contributed by atoms with Crippen LogP contribution < -0.4 is 4.90 Å². The lowest BCUT2D eigenvalue weighted by molar-refractivity contribution is -0.119. The maximum absolute atomic E-state index is 14.9. The second-order valence-corrected chi connectivity index (χ2v) is 8.54. The van der Waals surface area contributed by atoms with E-state index < -0.39 is 5.82 Å². The van der Waals surface area contributed by atoms with Gasteiger partial charge in [-0.1, -0.05) is 35.9 Å². The Balaban J connectivity index is 1.67. The molecule has 33 heavy (non-hydrogen) atoms. The van der Waals surface area contributed by atoms with Gasteiger partial charge in [0.15, 0.2) is 0 Å². The average Bonchev–Trinajstić information content (AvgIpc) is 3.25. The van der Waals surface area contributed by atoms with Gasteiger partial charge in [0, 0.05) is 17.8 Å². The molecule has 0 spiro atoms. The van der Waals surface area contributed by atoms with Crippen LogP contribution in [0, 0.1) is 33.5 Å². The van der Waals surface area contributed by atoms with E-state index in [1.165, 1.54) is 12.4 Å². The van der Waals surface area contributed by atoms with E-state index in [1.54, 1.807) is 21.5 Å². The molecular weight excluding hydrogens is 417 g/mol. The Hall–Kier alpha value is -3.61. The second-order valence-electron chi connectivity index (χ2n) is 8.54. The van der Waals surface area contributed by atoms with Crippen LogP contribution in [0.3, 0.4) is 0 Å². The van der Waals surface area contributed by atoms with Crippen LogP contribution in [0.25, 0.3) is 5.78 Å². The number of halogens is 1. The molecule has 4 aromatic rings. The highest BCUT2D eigenvalue weighted by molar-refractivity contribution is 5.94. The van der Waals surface area contributed by atoms with E-state index >= 15 is 0 Å². The van der Waals surface area contributed by atoms with Crippen molar-refractivity contribution in [1.29, 1.82) is 0 Å². The minimum atomic E-state index is -0.411. The van der Waals surface area contributed by atoms with Crippen LogP contribution in [0.2, 0.25) is 0 Å². The molecule has 0 saturated heterocycles. The zero-order valence-corrected chi connectivity index (χ0v) is 19.6. The number of carbonyl (C=O) groups is 1. The maximum Gasteiger partial charge on any atom is 0.252 e. The summed E-state index contributed by atoms with van der Waals surface area (Å²) in [5, 5.41) is 4.22. The largest absolute Gasteiger partial charge is 0.302 e. The van der Waals surface area contributed by atoms with Crippen LogP contribution in [0.4, 0.5) is 10.1 Å². The number of benzene rings is 2. The molecule has 7 heteroatoms. The van der Waals surface area contributed by atoms with E-state index in [0.717, 1.165) is 33.6 Å². The van der Waals surface area contributed by atoms with Crippen molar-refractivity contribution in [2.24, 2.45) is 0 Å². The molecule has 1 amide bonds. The minimum absolute atomic E-state index is 0.148. The molecule has 0 saturated carbocycles. The third-order valence-electron chi connectivity index (χ3n) is 6.15. The molecule has 0 aliphatic rings. The molecule has 4 rings (SSSR count). The fraction of sp³-hybridized carbons (Fsp3) is 0.308. The van der Waals surface area contributed by atoms with Crippen molar-refractivity contribution in [2.45, 2.75) is 53.5 Å². The van der Waals surface area contributed by atoms with Crippen LogP contribution >= 0.6 is 0 Å². The summed E-state index contributed by atoms with van der Waals surface area (Å²) in [5.41, 5.74) is 5.96. The van der Waals surface area contributed by atoms with Crippen molar-refractivity contribution in [3.63, 3.8) is 0 Å². The molecule has 2 heterocycles. The van der Waals surface area contributed by atoms with Gasteiger partial charge in [-0.05, 0) is 69.9 Å². The molecule has 170 valence electrons. The zero-order chi connectivity index (χ0) is 23.7. The number of amides is 1. The fourth-order valence-electron chi connectivity index (χ4n) is 4.23. The Kier molecular flexibility index (Phi) is 6.22. The Bertz CT molecular complexity index is 1310. The Morgan fingerprint density at radius 3 is 2.48 bits per heavy atom. The first-order chi connectivity index (χ1) is 15.8. The quantitative estimate of drug-likeness (QED) is 0.408. The lowest BCUT2D eigenvalue weighted by Crippen LogP contribution is -2.34. The first kappa shape index (κ1) is 22.6. The lowest BCUT2D eigenvalue weighted by atomic mass is 10.0. The molecule has 2 aromatic carbocycles. The van der Waals surface area contributed by atoms with Gasteiger partial charge in [-0.15, -0.1) is 0 Å². The van der Waals surface area contributed by atoms with Gasteiger partial charge in [-0.2, -0.15) is 10.1 Å². The van der Waals surface area contributed by atoms with Gasteiger partial charge in [0.05, 0.1) is 11.7 Å².